The summed E-state index contributed by atoms with van der Waals surface area (Å²) in [6.07, 6.45) is -4.10. The third-order valence-electron chi connectivity index (χ3n) is 3.80. The minimum absolute atomic E-state index is 0.266. The number of carbonyl (C=O) groups excluding carboxylic acids is 1. The lowest BCUT2D eigenvalue weighted by molar-refractivity contribution is -0.274. The van der Waals surface area contributed by atoms with Crippen LogP contribution in [0.2, 0.25) is 0 Å². The van der Waals surface area contributed by atoms with Gasteiger partial charge in [-0.15, -0.1) is 13.2 Å². The standard InChI is InChI=1S/C16H18F3NO5/c17-16(18,19)25-12-3-1-10(2-4-12)13(9-14(21)22)20-15(23)11-5-7-24-8-6-11/h1-4,11,13H,5-9H2,(H,20,23)(H,21,22)/t13-/m0/s1. The minimum Gasteiger partial charge on any atom is -0.481 e. The molecule has 1 atom stereocenters. The largest absolute Gasteiger partial charge is 0.573 e. The molecule has 1 aromatic rings. The van der Waals surface area contributed by atoms with Crippen molar-refractivity contribution in [3.63, 3.8) is 0 Å². The van der Waals surface area contributed by atoms with E-state index in [9.17, 15) is 22.8 Å². The van der Waals surface area contributed by atoms with E-state index < -0.39 is 24.1 Å². The Morgan fingerprint density at radius 2 is 1.84 bits per heavy atom. The van der Waals surface area contributed by atoms with E-state index in [4.69, 9.17) is 9.84 Å². The summed E-state index contributed by atoms with van der Waals surface area (Å²) in [4.78, 5) is 23.3. The molecular weight excluding hydrogens is 343 g/mol. The molecule has 9 heteroatoms. The van der Waals surface area contributed by atoms with Crippen molar-refractivity contribution in [2.24, 2.45) is 5.92 Å². The number of ether oxygens (including phenoxy) is 2. The second kappa shape index (κ2) is 8.19. The predicted octanol–water partition coefficient (Wildman–Crippen LogP) is 2.64. The van der Waals surface area contributed by atoms with Crippen LogP contribution in [0.3, 0.4) is 0 Å². The predicted molar refractivity (Wildman–Crippen MR) is 79.8 cm³/mol. The zero-order valence-corrected chi connectivity index (χ0v) is 13.2. The van der Waals surface area contributed by atoms with Crippen LogP contribution < -0.4 is 10.1 Å². The molecular formula is C16H18F3NO5. The molecule has 1 heterocycles. The first kappa shape index (κ1) is 19.0. The number of hydrogen-bond donors (Lipinski definition) is 2. The van der Waals surface area contributed by atoms with E-state index in [0.29, 0.717) is 31.6 Å². The first-order valence-electron chi connectivity index (χ1n) is 7.70. The van der Waals surface area contributed by atoms with Gasteiger partial charge in [-0.25, -0.2) is 0 Å². The van der Waals surface area contributed by atoms with Crippen molar-refractivity contribution < 1.29 is 37.3 Å². The molecule has 0 radical (unpaired) electrons. The number of halogens is 3. The molecule has 1 aromatic carbocycles. The monoisotopic (exact) mass is 361 g/mol. The van der Waals surface area contributed by atoms with Gasteiger partial charge in [0.1, 0.15) is 5.75 Å². The number of amides is 1. The molecule has 0 saturated carbocycles. The lowest BCUT2D eigenvalue weighted by Gasteiger charge is -2.25. The molecule has 0 bridgehead atoms. The number of carbonyl (C=O) groups is 2. The van der Waals surface area contributed by atoms with Crippen LogP contribution in [0.1, 0.15) is 30.9 Å². The normalized spacial score (nSPS) is 16.9. The topological polar surface area (TPSA) is 84.9 Å². The number of hydrogen-bond acceptors (Lipinski definition) is 4. The molecule has 0 aromatic heterocycles. The third-order valence-corrected chi connectivity index (χ3v) is 3.80. The minimum atomic E-state index is -4.81. The molecule has 0 aliphatic carbocycles. The Hall–Kier alpha value is -2.29. The Morgan fingerprint density at radius 1 is 1.24 bits per heavy atom. The van der Waals surface area contributed by atoms with Crippen molar-refractivity contribution in [2.45, 2.75) is 31.7 Å². The van der Waals surface area contributed by atoms with Gasteiger partial charge in [0.05, 0.1) is 12.5 Å². The Kier molecular flexibility index (Phi) is 6.24. The number of carboxylic acids is 1. The summed E-state index contributed by atoms with van der Waals surface area (Å²) in [5.41, 5.74) is 0.386. The van der Waals surface area contributed by atoms with Crippen molar-refractivity contribution >= 4 is 11.9 Å². The van der Waals surface area contributed by atoms with Crippen molar-refractivity contribution in [1.82, 2.24) is 5.32 Å². The Balaban J connectivity index is 2.08. The Labute approximate surface area is 141 Å². The highest BCUT2D eigenvalue weighted by atomic mass is 19.4. The van der Waals surface area contributed by atoms with E-state index in [1.165, 1.54) is 12.1 Å². The molecule has 1 fully saturated rings. The second-order valence-corrected chi connectivity index (χ2v) is 5.66. The number of carboxylic acid groups (broad SMARTS) is 1. The first-order valence-corrected chi connectivity index (χ1v) is 7.70. The van der Waals surface area contributed by atoms with Crippen LogP contribution in [0.5, 0.6) is 5.75 Å². The maximum absolute atomic E-state index is 12.3. The highest BCUT2D eigenvalue weighted by Gasteiger charge is 2.31. The van der Waals surface area contributed by atoms with Gasteiger partial charge in [-0.3, -0.25) is 9.59 Å². The first-order chi connectivity index (χ1) is 11.7. The zero-order chi connectivity index (χ0) is 18.4. The highest BCUT2D eigenvalue weighted by molar-refractivity contribution is 5.80. The molecule has 6 nitrogen and oxygen atoms in total. The van der Waals surface area contributed by atoms with Crippen LogP contribution in [0.15, 0.2) is 24.3 Å². The zero-order valence-electron chi connectivity index (χ0n) is 13.2. The quantitative estimate of drug-likeness (QED) is 0.814. The van der Waals surface area contributed by atoms with Gasteiger partial charge in [0.2, 0.25) is 5.91 Å². The molecule has 0 spiro atoms. The fourth-order valence-corrected chi connectivity index (χ4v) is 2.58. The van der Waals surface area contributed by atoms with Crippen molar-refractivity contribution in [3.8, 4) is 5.75 Å². The van der Waals surface area contributed by atoms with Crippen molar-refractivity contribution in [3.05, 3.63) is 29.8 Å². The molecule has 2 N–H and O–H groups in total. The summed E-state index contributed by atoms with van der Waals surface area (Å²) >= 11 is 0. The summed E-state index contributed by atoms with van der Waals surface area (Å²) in [7, 11) is 0. The second-order valence-electron chi connectivity index (χ2n) is 5.66. The number of nitrogens with one attached hydrogen (secondary N) is 1. The molecule has 1 aliphatic heterocycles. The van der Waals surface area contributed by atoms with Gasteiger partial charge in [0.25, 0.3) is 0 Å². The van der Waals surface area contributed by atoms with E-state index in [1.54, 1.807) is 0 Å². The summed E-state index contributed by atoms with van der Waals surface area (Å²) in [6.45, 7) is 0.927. The molecule has 1 saturated heterocycles. The lowest BCUT2D eigenvalue weighted by Crippen LogP contribution is -2.37. The van der Waals surface area contributed by atoms with Crippen LogP contribution in [0, 0.1) is 5.92 Å². The smallest absolute Gasteiger partial charge is 0.481 e. The maximum atomic E-state index is 12.3. The lowest BCUT2D eigenvalue weighted by atomic mass is 9.97. The molecule has 0 unspecified atom stereocenters. The highest BCUT2D eigenvalue weighted by Crippen LogP contribution is 2.26. The summed E-state index contributed by atoms with van der Waals surface area (Å²) < 4.78 is 45.5. The van der Waals surface area contributed by atoms with E-state index in [1.807, 2.05) is 0 Å². The van der Waals surface area contributed by atoms with E-state index in [-0.39, 0.29) is 18.2 Å². The summed E-state index contributed by atoms with van der Waals surface area (Å²) in [5.74, 6) is -2.10. The third kappa shape index (κ3) is 6.26. The van der Waals surface area contributed by atoms with Crippen LogP contribution in [0.25, 0.3) is 0 Å². The fourth-order valence-electron chi connectivity index (χ4n) is 2.58. The SMILES string of the molecule is O=C(O)C[C@H](NC(=O)C1CCOCC1)c1ccc(OC(F)(F)F)cc1. The number of alkyl halides is 3. The van der Waals surface area contributed by atoms with Crippen LogP contribution >= 0.6 is 0 Å². The number of aliphatic carboxylic acids is 1. The van der Waals surface area contributed by atoms with E-state index in [0.717, 1.165) is 12.1 Å². The van der Waals surface area contributed by atoms with Gasteiger partial charge in [-0.2, -0.15) is 0 Å². The van der Waals surface area contributed by atoms with Crippen LogP contribution in [0.4, 0.5) is 13.2 Å². The Morgan fingerprint density at radius 3 is 2.36 bits per heavy atom. The van der Waals surface area contributed by atoms with E-state index in [2.05, 4.69) is 10.1 Å². The van der Waals surface area contributed by atoms with Gasteiger partial charge >= 0.3 is 12.3 Å². The average molecular weight is 361 g/mol. The van der Waals surface area contributed by atoms with Gasteiger partial charge in [0.15, 0.2) is 0 Å². The summed E-state index contributed by atoms with van der Waals surface area (Å²) in [5, 5.41) is 11.7. The molecule has 1 aliphatic rings. The fraction of sp³-hybridized carbons (Fsp3) is 0.500. The van der Waals surface area contributed by atoms with Gasteiger partial charge in [-0.1, -0.05) is 12.1 Å². The maximum Gasteiger partial charge on any atom is 0.573 e. The van der Waals surface area contributed by atoms with Gasteiger partial charge in [0, 0.05) is 19.1 Å². The van der Waals surface area contributed by atoms with Gasteiger partial charge in [-0.05, 0) is 30.5 Å². The van der Waals surface area contributed by atoms with E-state index >= 15 is 0 Å². The van der Waals surface area contributed by atoms with Crippen molar-refractivity contribution in [1.29, 1.82) is 0 Å². The van der Waals surface area contributed by atoms with Gasteiger partial charge < -0.3 is 19.9 Å². The van der Waals surface area contributed by atoms with Crippen LogP contribution in [-0.2, 0) is 14.3 Å². The Bertz CT molecular complexity index is 597. The molecule has 2 rings (SSSR count). The molecule has 138 valence electrons. The molecule has 1 amide bonds. The number of rotatable bonds is 6. The van der Waals surface area contributed by atoms with Crippen molar-refractivity contribution in [2.75, 3.05) is 13.2 Å². The van der Waals surface area contributed by atoms with Crippen LogP contribution in [-0.4, -0.2) is 36.6 Å². The average Bonchev–Trinajstić information content (AvgIpc) is 2.54. The summed E-state index contributed by atoms with van der Waals surface area (Å²) in [6, 6.07) is 3.93. The molecule has 25 heavy (non-hydrogen) atoms. The number of benzene rings is 1.